The zero-order valence-electron chi connectivity index (χ0n) is 6.46. The second-order valence-electron chi connectivity index (χ2n) is 2.05. The Bertz CT molecular complexity index is 119. The van der Waals surface area contributed by atoms with Crippen molar-refractivity contribution >= 4 is 6.08 Å². The van der Waals surface area contributed by atoms with Crippen LogP contribution in [0.5, 0.6) is 0 Å². The topological polar surface area (TPSA) is 38.7 Å². The minimum Gasteiger partial charge on any atom is -0.359 e. The second kappa shape index (κ2) is 6.46. The highest BCUT2D eigenvalue weighted by atomic mass is 16.5. The number of methoxy groups -OCH3 is 1. The first-order chi connectivity index (χ1) is 4.85. The van der Waals surface area contributed by atoms with Gasteiger partial charge in [0.05, 0.1) is 0 Å². The molecule has 0 aromatic carbocycles. The van der Waals surface area contributed by atoms with E-state index in [0.29, 0.717) is 0 Å². The molecule has 3 nitrogen and oxygen atoms in total. The number of nitrogens with zero attached hydrogens (tertiary/aromatic N) is 1. The largest absolute Gasteiger partial charge is 0.359 e. The van der Waals surface area contributed by atoms with E-state index in [2.05, 4.69) is 11.9 Å². The Morgan fingerprint density at radius 1 is 1.70 bits per heavy atom. The van der Waals surface area contributed by atoms with Gasteiger partial charge < -0.3 is 4.74 Å². The van der Waals surface area contributed by atoms with Crippen LogP contribution < -0.4 is 0 Å². The number of unbranched alkanes of at least 4 members (excludes halogenated alkanes) is 1. The number of aliphatic imine (C=N–C) groups is 1. The average molecular weight is 143 g/mol. The van der Waals surface area contributed by atoms with Crippen molar-refractivity contribution in [1.29, 1.82) is 0 Å². The third-order valence-electron chi connectivity index (χ3n) is 1.27. The smallest absolute Gasteiger partial charge is 0.237 e. The number of carbonyl (C=O) groups excluding carboxylic acids is 1. The highest BCUT2D eigenvalue weighted by Crippen LogP contribution is 2.03. The number of ether oxygens (including phenoxy) is 1. The first-order valence-electron chi connectivity index (χ1n) is 3.45. The molecule has 0 rings (SSSR count). The van der Waals surface area contributed by atoms with Crippen molar-refractivity contribution in [2.75, 3.05) is 7.11 Å². The van der Waals surface area contributed by atoms with Gasteiger partial charge in [-0.3, -0.25) is 0 Å². The molecule has 0 radical (unpaired) electrons. The second-order valence-corrected chi connectivity index (χ2v) is 2.05. The molecule has 3 heteroatoms. The molecule has 0 N–H and O–H groups in total. The Morgan fingerprint density at radius 2 is 2.40 bits per heavy atom. The predicted octanol–water partition coefficient (Wildman–Crippen LogP) is 1.48. The lowest BCUT2D eigenvalue weighted by atomic mass is 10.2. The van der Waals surface area contributed by atoms with E-state index in [1.165, 1.54) is 6.08 Å². The van der Waals surface area contributed by atoms with Crippen LogP contribution in [-0.4, -0.2) is 19.4 Å². The molecule has 58 valence electrons. The molecule has 0 aliphatic carbocycles. The maximum absolute atomic E-state index is 9.77. The zero-order valence-corrected chi connectivity index (χ0v) is 6.46. The zero-order chi connectivity index (χ0) is 7.82. The summed E-state index contributed by atoms with van der Waals surface area (Å²) in [5.41, 5.74) is 0. The third kappa shape index (κ3) is 4.24. The first kappa shape index (κ1) is 9.34. The van der Waals surface area contributed by atoms with E-state index < -0.39 is 0 Å². The molecule has 0 aromatic rings. The molecule has 0 fully saturated rings. The minimum absolute atomic E-state index is 0.280. The van der Waals surface area contributed by atoms with E-state index in [-0.39, 0.29) is 6.23 Å². The van der Waals surface area contributed by atoms with Crippen LogP contribution in [0.25, 0.3) is 0 Å². The lowest BCUT2D eigenvalue weighted by Crippen LogP contribution is -2.05. The minimum atomic E-state index is -0.280. The standard InChI is InChI=1S/C7H13NO2/c1-3-4-5-7(10-2)8-6-9/h7H,3-5H2,1-2H3. The molecule has 0 aliphatic heterocycles. The Morgan fingerprint density at radius 3 is 2.80 bits per heavy atom. The lowest BCUT2D eigenvalue weighted by molar-refractivity contribution is 0.101. The number of isocyanates is 1. The molecule has 0 heterocycles. The molecule has 1 atom stereocenters. The van der Waals surface area contributed by atoms with Crippen molar-refractivity contribution in [3.05, 3.63) is 0 Å². The normalized spacial score (nSPS) is 12.2. The summed E-state index contributed by atoms with van der Waals surface area (Å²) >= 11 is 0. The summed E-state index contributed by atoms with van der Waals surface area (Å²) < 4.78 is 4.86. The number of hydrogen-bond donors (Lipinski definition) is 0. The van der Waals surface area contributed by atoms with Crippen LogP contribution in [0.15, 0.2) is 4.99 Å². The summed E-state index contributed by atoms with van der Waals surface area (Å²) in [6.45, 7) is 2.08. The van der Waals surface area contributed by atoms with Gasteiger partial charge in [0.15, 0.2) is 6.23 Å². The van der Waals surface area contributed by atoms with E-state index in [1.54, 1.807) is 7.11 Å². The van der Waals surface area contributed by atoms with Crippen LogP contribution in [0.3, 0.4) is 0 Å². The Balaban J connectivity index is 3.49. The quantitative estimate of drug-likeness (QED) is 0.432. The van der Waals surface area contributed by atoms with Gasteiger partial charge in [0.25, 0.3) is 0 Å². The number of hydrogen-bond acceptors (Lipinski definition) is 3. The first-order valence-corrected chi connectivity index (χ1v) is 3.45. The fourth-order valence-corrected chi connectivity index (χ4v) is 0.673. The Labute approximate surface area is 61.1 Å². The highest BCUT2D eigenvalue weighted by Gasteiger charge is 2.01. The summed E-state index contributed by atoms with van der Waals surface area (Å²) in [7, 11) is 1.54. The van der Waals surface area contributed by atoms with Crippen molar-refractivity contribution in [3.8, 4) is 0 Å². The van der Waals surface area contributed by atoms with E-state index in [1.807, 2.05) is 0 Å². The maximum Gasteiger partial charge on any atom is 0.237 e. The van der Waals surface area contributed by atoms with Gasteiger partial charge in [-0.15, -0.1) is 0 Å². The van der Waals surface area contributed by atoms with Crippen LogP contribution in [-0.2, 0) is 9.53 Å². The van der Waals surface area contributed by atoms with Crippen LogP contribution >= 0.6 is 0 Å². The molecule has 0 amide bonds. The fourth-order valence-electron chi connectivity index (χ4n) is 0.673. The number of rotatable bonds is 5. The average Bonchev–Trinajstić information content (AvgIpc) is 1.98. The summed E-state index contributed by atoms with van der Waals surface area (Å²) in [6, 6.07) is 0. The van der Waals surface area contributed by atoms with E-state index in [4.69, 9.17) is 4.74 Å². The van der Waals surface area contributed by atoms with E-state index in [0.717, 1.165) is 19.3 Å². The van der Waals surface area contributed by atoms with Gasteiger partial charge in [0.2, 0.25) is 6.08 Å². The van der Waals surface area contributed by atoms with Gasteiger partial charge in [-0.05, 0) is 12.8 Å². The lowest BCUT2D eigenvalue weighted by Gasteiger charge is -2.05. The van der Waals surface area contributed by atoms with Crippen molar-refractivity contribution < 1.29 is 9.53 Å². The molecular weight excluding hydrogens is 130 g/mol. The van der Waals surface area contributed by atoms with Crippen molar-refractivity contribution in [2.24, 2.45) is 4.99 Å². The predicted molar refractivity (Wildman–Crippen MR) is 38.4 cm³/mol. The summed E-state index contributed by atoms with van der Waals surface area (Å²) in [6.07, 6.45) is 4.13. The van der Waals surface area contributed by atoms with Gasteiger partial charge in [0, 0.05) is 7.11 Å². The van der Waals surface area contributed by atoms with Crippen LogP contribution in [0.2, 0.25) is 0 Å². The molecule has 0 saturated heterocycles. The van der Waals surface area contributed by atoms with Gasteiger partial charge in [0.1, 0.15) is 0 Å². The van der Waals surface area contributed by atoms with Crippen LogP contribution in [0.1, 0.15) is 26.2 Å². The van der Waals surface area contributed by atoms with Crippen LogP contribution in [0.4, 0.5) is 0 Å². The molecule has 10 heavy (non-hydrogen) atoms. The molecule has 0 spiro atoms. The monoisotopic (exact) mass is 143 g/mol. The van der Waals surface area contributed by atoms with E-state index in [9.17, 15) is 4.79 Å². The van der Waals surface area contributed by atoms with Crippen molar-refractivity contribution in [1.82, 2.24) is 0 Å². The summed E-state index contributed by atoms with van der Waals surface area (Å²) in [4.78, 5) is 13.2. The molecule has 0 aliphatic rings. The maximum atomic E-state index is 9.77. The van der Waals surface area contributed by atoms with Gasteiger partial charge in [-0.2, -0.15) is 4.99 Å². The Kier molecular flexibility index (Phi) is 6.03. The Hall–Kier alpha value is -0.660. The molecular formula is C7H13NO2. The molecule has 0 aromatic heterocycles. The SMILES string of the molecule is CCCCC(N=C=O)OC. The van der Waals surface area contributed by atoms with Crippen LogP contribution in [0, 0.1) is 0 Å². The summed E-state index contributed by atoms with van der Waals surface area (Å²) in [5.74, 6) is 0. The van der Waals surface area contributed by atoms with Gasteiger partial charge in [-0.1, -0.05) is 13.3 Å². The van der Waals surface area contributed by atoms with Gasteiger partial charge >= 0.3 is 0 Å². The van der Waals surface area contributed by atoms with Crippen molar-refractivity contribution in [3.63, 3.8) is 0 Å². The van der Waals surface area contributed by atoms with Gasteiger partial charge in [-0.25, -0.2) is 4.79 Å². The third-order valence-corrected chi connectivity index (χ3v) is 1.27. The molecule has 1 unspecified atom stereocenters. The van der Waals surface area contributed by atoms with Crippen molar-refractivity contribution in [2.45, 2.75) is 32.4 Å². The summed E-state index contributed by atoms with van der Waals surface area (Å²) in [5, 5.41) is 0. The molecule has 0 bridgehead atoms. The fraction of sp³-hybridized carbons (Fsp3) is 0.857. The molecule has 0 saturated carbocycles. The highest BCUT2D eigenvalue weighted by molar-refractivity contribution is 5.33. The van der Waals surface area contributed by atoms with E-state index >= 15 is 0 Å².